The number of carbonyl (C=O) groups excluding carboxylic acids is 1. The Morgan fingerprint density at radius 3 is 1.47 bits per heavy atom. The highest BCUT2D eigenvalue weighted by atomic mass is 16.6. The topological polar surface area (TPSA) is 171 Å². The minimum absolute atomic E-state index is 0.111. The van der Waals surface area contributed by atoms with Crippen molar-refractivity contribution in [3.05, 3.63) is 68.9 Å². The third kappa shape index (κ3) is 19.8. The molecule has 2 aliphatic carbocycles. The molecule has 2 heterocycles. The first kappa shape index (κ1) is 54.9. The van der Waals surface area contributed by atoms with Crippen LogP contribution in [0.4, 0.5) is 0 Å². The van der Waals surface area contributed by atoms with Crippen molar-refractivity contribution in [1.82, 2.24) is 18.7 Å². The lowest BCUT2D eigenvalue weighted by Crippen LogP contribution is -2.43. The van der Waals surface area contributed by atoms with E-state index in [4.69, 9.17) is 52.4 Å². The molecule has 17 nitrogen and oxygen atoms in total. The molecule has 0 spiro atoms. The molecule has 17 heteroatoms. The second-order valence-corrected chi connectivity index (χ2v) is 17.5. The van der Waals surface area contributed by atoms with Crippen molar-refractivity contribution in [3.63, 3.8) is 0 Å². The Balaban J connectivity index is 0.954. The van der Waals surface area contributed by atoms with Crippen LogP contribution in [-0.2, 0) is 71.8 Å². The minimum Gasteiger partial charge on any atom is -0.460 e. The van der Waals surface area contributed by atoms with Crippen molar-refractivity contribution in [2.24, 2.45) is 11.8 Å². The van der Waals surface area contributed by atoms with E-state index in [1.807, 2.05) is 35.8 Å². The average molecular weight is 955 g/mol. The van der Waals surface area contributed by atoms with Crippen LogP contribution < -0.4 is 11.2 Å². The van der Waals surface area contributed by atoms with Crippen LogP contribution in [-0.4, -0.2) is 151 Å². The number of fused-ring (bicyclic) bond motifs is 1. The van der Waals surface area contributed by atoms with Gasteiger partial charge in [0, 0.05) is 38.4 Å². The van der Waals surface area contributed by atoms with Crippen LogP contribution in [0.25, 0.3) is 28.6 Å². The third-order valence-corrected chi connectivity index (χ3v) is 12.0. The predicted octanol–water partition coefficient (Wildman–Crippen LogP) is 6.10. The zero-order chi connectivity index (χ0) is 48.0. The number of aromatic nitrogens is 4. The molecule has 0 bridgehead atoms. The molecule has 2 aliphatic rings. The fourth-order valence-corrected chi connectivity index (χ4v) is 8.46. The molecule has 0 N–H and O–H groups in total. The van der Waals surface area contributed by atoms with Crippen LogP contribution in [0.2, 0.25) is 0 Å². The highest BCUT2D eigenvalue weighted by molar-refractivity contribution is 5.87. The molecular weight excluding hydrogens is 877 g/mol. The summed E-state index contributed by atoms with van der Waals surface area (Å²) in [6.45, 7) is 15.6. The van der Waals surface area contributed by atoms with Gasteiger partial charge < -0.3 is 51.9 Å². The normalized spacial score (nSPS) is 15.0. The Kier molecular flexibility index (Phi) is 26.4. The summed E-state index contributed by atoms with van der Waals surface area (Å²) in [7, 11) is 1.64. The molecule has 2 aromatic heterocycles. The average Bonchev–Trinajstić information content (AvgIpc) is 3.72. The lowest BCUT2D eigenvalue weighted by Gasteiger charge is -2.25. The van der Waals surface area contributed by atoms with Crippen LogP contribution in [0.15, 0.2) is 52.1 Å². The van der Waals surface area contributed by atoms with E-state index in [2.05, 4.69) is 6.58 Å². The zero-order valence-electron chi connectivity index (χ0n) is 40.8. The first-order chi connectivity index (χ1) is 33.4. The maximum Gasteiger partial charge on any atom is 0.332 e. The van der Waals surface area contributed by atoms with Gasteiger partial charge in [0.05, 0.1) is 112 Å². The van der Waals surface area contributed by atoms with Gasteiger partial charge in [-0.25, -0.2) is 14.6 Å². The summed E-state index contributed by atoms with van der Waals surface area (Å²) in [5.74, 6) is 0.812. The highest BCUT2D eigenvalue weighted by Gasteiger charge is 2.26. The van der Waals surface area contributed by atoms with Crippen molar-refractivity contribution in [2.45, 2.75) is 90.8 Å². The number of hydrogen-bond acceptors (Lipinski definition) is 14. The minimum atomic E-state index is -0.481. The number of methoxy groups -OCH3 is 1. The van der Waals surface area contributed by atoms with Crippen molar-refractivity contribution < 1.29 is 52.2 Å². The molecule has 1 aromatic carbocycles. The number of imidazole rings is 1. The molecule has 0 aliphatic heterocycles. The van der Waals surface area contributed by atoms with Crippen molar-refractivity contribution in [1.29, 1.82) is 0 Å². The number of rotatable bonds is 36. The van der Waals surface area contributed by atoms with Gasteiger partial charge in [0.1, 0.15) is 12.4 Å². The Labute approximate surface area is 401 Å². The van der Waals surface area contributed by atoms with Gasteiger partial charge in [-0.3, -0.25) is 13.9 Å². The maximum absolute atomic E-state index is 14.4. The van der Waals surface area contributed by atoms with Gasteiger partial charge in [-0.1, -0.05) is 74.9 Å². The zero-order valence-corrected chi connectivity index (χ0v) is 40.8. The number of nitrogens with zero attached hydrogens (tertiary/aromatic N) is 4. The number of ether oxygens (including phenoxy) is 10. The van der Waals surface area contributed by atoms with Gasteiger partial charge >= 0.3 is 11.7 Å². The summed E-state index contributed by atoms with van der Waals surface area (Å²) in [6, 6.07) is 7.63. The van der Waals surface area contributed by atoms with Crippen LogP contribution in [0.1, 0.15) is 76.7 Å². The molecule has 5 rings (SSSR count). The Morgan fingerprint density at radius 2 is 1.03 bits per heavy atom. The van der Waals surface area contributed by atoms with Gasteiger partial charge in [0.25, 0.3) is 5.56 Å². The molecule has 0 radical (unpaired) electrons. The summed E-state index contributed by atoms with van der Waals surface area (Å²) in [4.78, 5) is 46.1. The molecule has 2 saturated carbocycles. The quantitative estimate of drug-likeness (QED) is 0.0284. The molecule has 3 aromatic rings. The van der Waals surface area contributed by atoms with Gasteiger partial charge in [0.15, 0.2) is 11.2 Å². The van der Waals surface area contributed by atoms with Crippen LogP contribution in [0.5, 0.6) is 0 Å². The number of hydrogen-bond donors (Lipinski definition) is 0. The number of allylic oxidation sites excluding steroid dienone is 1. The first-order valence-electron chi connectivity index (χ1n) is 24.8. The number of carbonyl (C=O) groups is 1. The maximum atomic E-state index is 14.4. The largest absolute Gasteiger partial charge is 0.460 e. The van der Waals surface area contributed by atoms with Crippen LogP contribution in [0, 0.1) is 11.8 Å². The SMILES string of the molecule is C=C(C)Cn1c(-c2ccc(C=CC(=O)OCCOCCOCCOCCOCCOCCOCCOCCOCCOC)cc2)nc2c1c(=O)n(CC1CCCCC1)c(=O)n2CC1CCCCC1. The van der Waals surface area contributed by atoms with Crippen molar-refractivity contribution in [2.75, 3.05) is 126 Å². The van der Waals surface area contributed by atoms with Gasteiger partial charge in [-0.15, -0.1) is 0 Å². The Bertz CT molecular complexity index is 2030. The third-order valence-electron chi connectivity index (χ3n) is 12.0. The second-order valence-electron chi connectivity index (χ2n) is 17.5. The van der Waals surface area contributed by atoms with Gasteiger partial charge in [-0.2, -0.15) is 0 Å². The fourth-order valence-electron chi connectivity index (χ4n) is 8.46. The molecule has 0 saturated heterocycles. The van der Waals surface area contributed by atoms with Crippen LogP contribution >= 0.6 is 0 Å². The van der Waals surface area contributed by atoms with E-state index in [0.717, 1.165) is 68.1 Å². The van der Waals surface area contributed by atoms with Crippen molar-refractivity contribution >= 4 is 23.2 Å². The summed E-state index contributed by atoms with van der Waals surface area (Å²) in [6.07, 6.45) is 14.3. The molecule has 2 fully saturated rings. The van der Waals surface area contributed by atoms with Gasteiger partial charge in [-0.05, 0) is 56.1 Å². The molecule has 68 heavy (non-hydrogen) atoms. The van der Waals surface area contributed by atoms with Crippen LogP contribution in [0.3, 0.4) is 0 Å². The van der Waals surface area contributed by atoms with Gasteiger partial charge in [0.2, 0.25) is 0 Å². The number of benzene rings is 1. The first-order valence-corrected chi connectivity index (χ1v) is 24.8. The Morgan fingerprint density at radius 1 is 0.603 bits per heavy atom. The lowest BCUT2D eigenvalue weighted by atomic mass is 9.89. The van der Waals surface area contributed by atoms with E-state index >= 15 is 0 Å². The smallest absolute Gasteiger partial charge is 0.332 e. The van der Waals surface area contributed by atoms with E-state index in [9.17, 15) is 14.4 Å². The summed E-state index contributed by atoms with van der Waals surface area (Å²) >= 11 is 0. The standard InChI is InChI=1S/C51H78N4O13/c1-41(2)38-53-47-49(54(39-43-10-6-4-7-11-43)51(58)55(50(47)57)40-44-12-8-5-9-13-44)52-48(53)45-17-14-42(15-18-45)16-19-46(56)68-37-36-67-35-34-66-33-32-65-31-30-64-29-28-63-27-26-62-25-24-61-23-22-60-21-20-59-3/h14-19,43-44H,1,4-13,20-40H2,2-3H3. The molecule has 0 amide bonds. The molecular formula is C51H78N4O13. The van der Waals surface area contributed by atoms with E-state index in [0.29, 0.717) is 154 Å². The Hall–Kier alpha value is -4.04. The number of esters is 1. The second kappa shape index (κ2) is 32.7. The molecule has 0 unspecified atom stereocenters. The molecule has 380 valence electrons. The summed E-state index contributed by atoms with van der Waals surface area (Å²) in [5.41, 5.74) is 2.83. The monoisotopic (exact) mass is 955 g/mol. The highest BCUT2D eigenvalue weighted by Crippen LogP contribution is 2.29. The van der Waals surface area contributed by atoms with E-state index in [1.54, 1.807) is 17.8 Å². The molecule has 0 atom stereocenters. The summed E-state index contributed by atoms with van der Waals surface area (Å²) in [5, 5.41) is 0. The van der Waals surface area contributed by atoms with Crippen molar-refractivity contribution in [3.8, 4) is 11.4 Å². The predicted molar refractivity (Wildman–Crippen MR) is 260 cm³/mol. The van der Waals surface area contributed by atoms with E-state index in [-0.39, 0.29) is 24.5 Å². The lowest BCUT2D eigenvalue weighted by molar-refractivity contribution is -0.139. The fraction of sp³-hybridized carbons (Fsp3) is 0.686. The summed E-state index contributed by atoms with van der Waals surface area (Å²) < 4.78 is 59.2. The van der Waals surface area contributed by atoms with E-state index < -0.39 is 5.97 Å². The van der Waals surface area contributed by atoms with E-state index in [1.165, 1.54) is 23.5 Å².